The summed E-state index contributed by atoms with van der Waals surface area (Å²) >= 11 is 0. The van der Waals surface area contributed by atoms with Crippen molar-refractivity contribution in [1.82, 2.24) is 15.3 Å². The van der Waals surface area contributed by atoms with Gasteiger partial charge in [-0.1, -0.05) is 42.5 Å². The molecule has 0 amide bonds. The zero-order valence-electron chi connectivity index (χ0n) is 47.2. The number of fused-ring (bicyclic) bond motifs is 9. The van der Waals surface area contributed by atoms with Gasteiger partial charge in [0, 0.05) is 79.4 Å². The van der Waals surface area contributed by atoms with Crippen molar-refractivity contribution < 1.29 is 80.6 Å². The van der Waals surface area contributed by atoms with E-state index in [9.17, 15) is 43.5 Å². The minimum Gasteiger partial charge on any atom is -0.374 e. The number of nitrogens with zero attached hydrogens (tertiary/aromatic N) is 6. The molecule has 3 N–H and O–H groups in total. The van der Waals surface area contributed by atoms with E-state index in [1.54, 1.807) is 0 Å². The predicted molar refractivity (Wildman–Crippen MR) is 316 cm³/mol. The first-order valence-electron chi connectivity index (χ1n) is 27.5. The molecule has 5 aliphatic heterocycles. The number of aromatic amines is 2. The molecule has 7 heterocycles. The number of allylic oxidation sites excluding steroid dienone is 8. The molecule has 30 heteroatoms. The summed E-state index contributed by atoms with van der Waals surface area (Å²) in [5.41, 5.74) is -17.5. The number of aliphatic imine (C=N–C) groups is 3. The van der Waals surface area contributed by atoms with Crippen molar-refractivity contribution in [2.24, 2.45) is 15.0 Å². The molecule has 0 aliphatic carbocycles. The standard InChI is InChI=1S/C66H28F15N9O6/c67-52-49(53(68)59(74)64(79)58(52)73)46-34-19-13-28(82-34)43(25-7-1-4-10-40(25)88(91)92)29-14-20-35(83-29)47(50-54(69)60(75)65(80)61(76)55(50)70)37-22-16-31(85-37)45(27-9-3-6-12-42(27)90(95)96)33-18-24-39(87-33)48(51-56(71)62(77)66(81)63(78)57(51)72)38-23-17-32(86-38)44(30-15-21-36(46)84-30)26-8-2-5-11-41(26)89(93)94/h1-24,34,82-83,86H/b43-28-,44-32-,45-33-,46-36-,47-37+,48-38+. The minimum atomic E-state index is -2.63. The quantitative estimate of drug-likeness (QED) is 0.0418. The number of hydrogen-bond donors (Lipinski definition) is 3. The van der Waals surface area contributed by atoms with Gasteiger partial charge in [-0.15, -0.1) is 0 Å². The summed E-state index contributed by atoms with van der Waals surface area (Å²) < 4.78 is 238. The number of H-pyrrole nitrogens is 2. The number of hydrogen-bond acceptors (Lipinski definition) is 10. The van der Waals surface area contributed by atoms with Gasteiger partial charge in [0.05, 0.1) is 88.4 Å². The molecule has 15 nitrogen and oxygen atoms in total. The summed E-state index contributed by atoms with van der Waals surface area (Å²) in [5.74, 6) is -37.6. The van der Waals surface area contributed by atoms with E-state index in [1.807, 2.05) is 0 Å². The van der Waals surface area contributed by atoms with Crippen molar-refractivity contribution in [3.8, 4) is 0 Å². The number of benzene rings is 6. The molecule has 13 rings (SSSR count). The molecule has 96 heavy (non-hydrogen) atoms. The SMILES string of the molecule is O=[N+]([O-])c1ccccc1/C1=C2\C=CC(=N2)/C(c2c(F)c(F)c(F)c(F)c2F)=c2/cc/c([nH]2)=C(\c2ccccc2[N+](=O)[O-])C2=N/C(=C(\c3c(F)c(F)c(F)c(F)c3F)C3C=C/C(=C(\c4ccccc4[N+](=O)[O-])c4ccc([nH]4)/C(c4c(F)c(F)c(F)c(F)c4F)=C4/C=CC1=N4)N3)C=C2. The van der Waals surface area contributed by atoms with Crippen molar-refractivity contribution in [3.63, 3.8) is 0 Å². The lowest BCUT2D eigenvalue weighted by atomic mass is 9.95. The van der Waals surface area contributed by atoms with Gasteiger partial charge in [-0.05, 0) is 85.0 Å². The Bertz CT molecular complexity index is 5370. The van der Waals surface area contributed by atoms with Crippen LogP contribution >= 0.6 is 0 Å². The highest BCUT2D eigenvalue weighted by Crippen LogP contribution is 2.45. The van der Waals surface area contributed by atoms with E-state index in [0.29, 0.717) is 0 Å². The van der Waals surface area contributed by atoms with Crippen molar-refractivity contribution in [3.05, 3.63) is 342 Å². The molecule has 1 atom stereocenters. The first-order chi connectivity index (χ1) is 45.9. The topological polar surface area (TPSA) is 210 Å². The zero-order valence-corrected chi connectivity index (χ0v) is 47.2. The Balaban J connectivity index is 1.22. The molecule has 8 aromatic rings. The fourth-order valence-electron chi connectivity index (χ4n) is 11.6. The van der Waals surface area contributed by atoms with E-state index in [1.165, 1.54) is 36.4 Å². The highest BCUT2D eigenvalue weighted by Gasteiger charge is 2.39. The van der Waals surface area contributed by atoms with Crippen LogP contribution in [0.15, 0.2) is 183 Å². The van der Waals surface area contributed by atoms with Crippen LogP contribution in [0.3, 0.4) is 0 Å². The molecular formula is C66H28F15N9O6. The van der Waals surface area contributed by atoms with Gasteiger partial charge < -0.3 is 15.3 Å². The van der Waals surface area contributed by atoms with Crippen LogP contribution in [-0.4, -0.2) is 47.9 Å². The summed E-state index contributed by atoms with van der Waals surface area (Å²) in [5, 5.41) is 40.4. The van der Waals surface area contributed by atoms with Crippen LogP contribution in [0.25, 0.3) is 33.4 Å². The maximum Gasteiger partial charge on any atom is 0.277 e. The molecule has 0 saturated heterocycles. The van der Waals surface area contributed by atoms with Gasteiger partial charge in [-0.2, -0.15) is 0 Å². The molecule has 2 aromatic heterocycles. The van der Waals surface area contributed by atoms with Crippen LogP contribution in [0.4, 0.5) is 82.9 Å². The molecule has 12 bridgehead atoms. The average molecular weight is 1330 g/mol. The monoisotopic (exact) mass is 1330 g/mol. The Labute approximate surface area is 524 Å². The summed E-state index contributed by atoms with van der Waals surface area (Å²) in [6.45, 7) is 0. The predicted octanol–water partition coefficient (Wildman–Crippen LogP) is 14.2. The van der Waals surface area contributed by atoms with Gasteiger partial charge in [0.2, 0.25) is 17.5 Å². The number of para-hydroxylation sites is 3. The Morgan fingerprint density at radius 1 is 0.333 bits per heavy atom. The van der Waals surface area contributed by atoms with Crippen molar-refractivity contribution in [2.75, 3.05) is 0 Å². The molecule has 5 aliphatic rings. The third kappa shape index (κ3) is 9.94. The first-order valence-corrected chi connectivity index (χ1v) is 27.5. The zero-order chi connectivity index (χ0) is 68.2. The second kappa shape index (κ2) is 23.6. The highest BCUT2D eigenvalue weighted by molar-refractivity contribution is 6.36. The fraction of sp³-hybridized carbons (Fsp3) is 0.0152. The number of rotatable bonds is 9. The number of nitro groups is 3. The largest absolute Gasteiger partial charge is 0.374 e. The van der Waals surface area contributed by atoms with Gasteiger partial charge in [0.25, 0.3) is 17.1 Å². The van der Waals surface area contributed by atoms with Crippen LogP contribution in [0.2, 0.25) is 0 Å². The van der Waals surface area contributed by atoms with Crippen molar-refractivity contribution in [2.45, 2.75) is 6.04 Å². The molecule has 0 fully saturated rings. The second-order valence-corrected chi connectivity index (χ2v) is 21.1. The van der Waals surface area contributed by atoms with E-state index >= 15 is 52.7 Å². The van der Waals surface area contributed by atoms with E-state index in [0.717, 1.165) is 109 Å². The molecule has 0 spiro atoms. The van der Waals surface area contributed by atoms with Gasteiger partial charge in [-0.25, -0.2) is 80.8 Å². The Morgan fingerprint density at radius 3 is 1.15 bits per heavy atom. The normalized spacial score (nSPS) is 20.0. The van der Waals surface area contributed by atoms with Gasteiger partial charge in [-0.3, -0.25) is 30.3 Å². The third-order valence-corrected chi connectivity index (χ3v) is 15.8. The smallest absolute Gasteiger partial charge is 0.277 e. The van der Waals surface area contributed by atoms with Crippen LogP contribution in [0, 0.1) is 118 Å². The average Bonchev–Trinajstić information content (AvgIpc) is 1.47. The highest BCUT2D eigenvalue weighted by atomic mass is 19.2. The summed E-state index contributed by atoms with van der Waals surface area (Å²) in [4.78, 5) is 55.0. The summed E-state index contributed by atoms with van der Waals surface area (Å²) in [7, 11) is 0. The molecule has 0 saturated carbocycles. The molecule has 1 unspecified atom stereocenters. The van der Waals surface area contributed by atoms with E-state index in [-0.39, 0.29) is 28.1 Å². The molecule has 478 valence electrons. The molecule has 6 aromatic carbocycles. The van der Waals surface area contributed by atoms with Gasteiger partial charge >= 0.3 is 0 Å². The van der Waals surface area contributed by atoms with Crippen LogP contribution in [0.1, 0.15) is 44.8 Å². The number of halogens is 15. The number of nitro benzene ring substituents is 3. The van der Waals surface area contributed by atoms with E-state index in [4.69, 9.17) is 0 Å². The number of nitrogens with one attached hydrogen (secondary N) is 3. The maximum absolute atomic E-state index is 16.6. The Morgan fingerprint density at radius 2 is 0.677 bits per heavy atom. The number of aromatic nitrogens is 2. The lowest BCUT2D eigenvalue weighted by molar-refractivity contribution is -0.385. The van der Waals surface area contributed by atoms with Crippen LogP contribution in [-0.2, 0) is 0 Å². The minimum absolute atomic E-state index is 0.339. The summed E-state index contributed by atoms with van der Waals surface area (Å²) in [6.07, 6.45) is 7.99. The lowest BCUT2D eigenvalue weighted by Gasteiger charge is -2.21. The van der Waals surface area contributed by atoms with Crippen molar-refractivity contribution in [1.29, 1.82) is 0 Å². The molecule has 0 radical (unpaired) electrons. The van der Waals surface area contributed by atoms with Crippen LogP contribution in [0.5, 0.6) is 0 Å². The van der Waals surface area contributed by atoms with Gasteiger partial charge in [0.15, 0.2) is 69.8 Å². The van der Waals surface area contributed by atoms with Gasteiger partial charge in [0.1, 0.15) is 0 Å². The second-order valence-electron chi connectivity index (χ2n) is 21.1. The summed E-state index contributed by atoms with van der Waals surface area (Å²) in [6, 6.07) is 16.1. The Kier molecular flexibility index (Phi) is 15.3. The molecular weight excluding hydrogens is 1300 g/mol. The maximum atomic E-state index is 16.6. The van der Waals surface area contributed by atoms with Crippen LogP contribution < -0.4 is 16.0 Å². The van der Waals surface area contributed by atoms with E-state index in [2.05, 4.69) is 30.3 Å². The fourth-order valence-corrected chi connectivity index (χ4v) is 11.6. The van der Waals surface area contributed by atoms with Crippen molar-refractivity contribution >= 4 is 67.6 Å². The lowest BCUT2D eigenvalue weighted by Crippen LogP contribution is -2.26. The first kappa shape index (κ1) is 62.3. The third-order valence-electron chi connectivity index (χ3n) is 15.8. The Hall–Kier alpha value is -12.5. The van der Waals surface area contributed by atoms with E-state index < -0.39 is 226 Å².